The van der Waals surface area contributed by atoms with Gasteiger partial charge in [0.1, 0.15) is 0 Å². The van der Waals surface area contributed by atoms with Gasteiger partial charge in [-0.3, -0.25) is 9.59 Å². The van der Waals surface area contributed by atoms with Crippen molar-refractivity contribution in [3.63, 3.8) is 0 Å². The van der Waals surface area contributed by atoms with Crippen LogP contribution < -0.4 is 5.73 Å². The predicted molar refractivity (Wildman–Crippen MR) is 74.8 cm³/mol. The van der Waals surface area contributed by atoms with E-state index < -0.39 is 5.91 Å². The second-order valence-electron chi connectivity index (χ2n) is 4.02. The molecule has 0 bridgehead atoms. The lowest BCUT2D eigenvalue weighted by molar-refractivity contribution is 0.0998. The summed E-state index contributed by atoms with van der Waals surface area (Å²) in [7, 11) is 0. The molecule has 0 spiro atoms. The lowest BCUT2D eigenvalue weighted by Crippen LogP contribution is -2.12. The molecule has 19 heavy (non-hydrogen) atoms. The average Bonchev–Trinajstić information content (AvgIpc) is 2.46. The summed E-state index contributed by atoms with van der Waals surface area (Å²) in [6.45, 7) is 0. The molecule has 0 radical (unpaired) electrons. The molecule has 3 nitrogen and oxygen atoms in total. The number of amides is 1. The largest absolute Gasteiger partial charge is 0.366 e. The molecule has 0 atom stereocenters. The highest BCUT2D eigenvalue weighted by Gasteiger charge is 2.05. The SMILES string of the molecule is NC(=O)c1ccccc1C=CC(=O)c1ccccc1. The van der Waals surface area contributed by atoms with E-state index in [1.807, 2.05) is 6.07 Å². The van der Waals surface area contributed by atoms with Crippen molar-refractivity contribution in [1.82, 2.24) is 0 Å². The third-order valence-electron chi connectivity index (χ3n) is 2.70. The van der Waals surface area contributed by atoms with Gasteiger partial charge >= 0.3 is 0 Å². The predicted octanol–water partition coefficient (Wildman–Crippen LogP) is 2.68. The van der Waals surface area contributed by atoms with Crippen LogP contribution in [0.5, 0.6) is 0 Å². The number of carbonyl (C=O) groups is 2. The maximum atomic E-state index is 11.9. The minimum atomic E-state index is -0.507. The number of rotatable bonds is 4. The van der Waals surface area contributed by atoms with Gasteiger partial charge in [-0.25, -0.2) is 0 Å². The van der Waals surface area contributed by atoms with Gasteiger partial charge in [-0.15, -0.1) is 0 Å². The van der Waals surface area contributed by atoms with Crippen LogP contribution in [0.3, 0.4) is 0 Å². The molecule has 2 aromatic carbocycles. The minimum Gasteiger partial charge on any atom is -0.366 e. The molecule has 2 N–H and O–H groups in total. The second kappa shape index (κ2) is 5.78. The smallest absolute Gasteiger partial charge is 0.249 e. The number of allylic oxidation sites excluding steroid dienone is 1. The molecule has 0 unspecified atom stereocenters. The van der Waals surface area contributed by atoms with E-state index in [-0.39, 0.29) is 5.78 Å². The van der Waals surface area contributed by atoms with Crippen LogP contribution in [-0.4, -0.2) is 11.7 Å². The Morgan fingerprint density at radius 2 is 1.53 bits per heavy atom. The summed E-state index contributed by atoms with van der Waals surface area (Å²) >= 11 is 0. The molecule has 0 saturated heterocycles. The van der Waals surface area contributed by atoms with Gasteiger partial charge in [0.15, 0.2) is 5.78 Å². The van der Waals surface area contributed by atoms with Crippen LogP contribution in [0.1, 0.15) is 26.3 Å². The number of hydrogen-bond donors (Lipinski definition) is 1. The molecule has 0 aromatic heterocycles. The van der Waals surface area contributed by atoms with Crippen LogP contribution in [0.25, 0.3) is 6.08 Å². The van der Waals surface area contributed by atoms with Crippen molar-refractivity contribution in [1.29, 1.82) is 0 Å². The van der Waals surface area contributed by atoms with Gasteiger partial charge < -0.3 is 5.73 Å². The van der Waals surface area contributed by atoms with Crippen molar-refractivity contribution in [2.75, 3.05) is 0 Å². The maximum Gasteiger partial charge on any atom is 0.249 e. The summed E-state index contributed by atoms with van der Waals surface area (Å²) in [5, 5.41) is 0. The Bertz CT molecular complexity index is 630. The molecule has 0 aliphatic carbocycles. The Balaban J connectivity index is 2.24. The fraction of sp³-hybridized carbons (Fsp3) is 0. The van der Waals surface area contributed by atoms with E-state index in [0.29, 0.717) is 16.7 Å². The van der Waals surface area contributed by atoms with E-state index in [9.17, 15) is 9.59 Å². The first-order chi connectivity index (χ1) is 9.18. The molecule has 94 valence electrons. The molecular weight excluding hydrogens is 238 g/mol. The Hall–Kier alpha value is -2.68. The Morgan fingerprint density at radius 3 is 2.21 bits per heavy atom. The van der Waals surface area contributed by atoms with Crippen LogP contribution in [0, 0.1) is 0 Å². The van der Waals surface area contributed by atoms with Gasteiger partial charge in [0.2, 0.25) is 5.91 Å². The summed E-state index contributed by atoms with van der Waals surface area (Å²) in [5.41, 5.74) is 6.92. The second-order valence-corrected chi connectivity index (χ2v) is 4.02. The molecule has 3 heteroatoms. The summed E-state index contributed by atoms with van der Waals surface area (Å²) in [5.74, 6) is -0.618. The van der Waals surface area contributed by atoms with Crippen molar-refractivity contribution in [2.45, 2.75) is 0 Å². The van der Waals surface area contributed by atoms with Crippen LogP contribution in [0.2, 0.25) is 0 Å². The summed E-state index contributed by atoms with van der Waals surface area (Å²) in [4.78, 5) is 23.1. The van der Waals surface area contributed by atoms with E-state index in [1.54, 1.807) is 54.6 Å². The average molecular weight is 251 g/mol. The van der Waals surface area contributed by atoms with E-state index in [2.05, 4.69) is 0 Å². The Morgan fingerprint density at radius 1 is 0.895 bits per heavy atom. The first-order valence-corrected chi connectivity index (χ1v) is 5.85. The number of carbonyl (C=O) groups excluding carboxylic acids is 2. The van der Waals surface area contributed by atoms with Crippen molar-refractivity contribution in [3.8, 4) is 0 Å². The number of primary amides is 1. The number of benzene rings is 2. The van der Waals surface area contributed by atoms with Gasteiger partial charge in [0.25, 0.3) is 0 Å². The summed E-state index contributed by atoms with van der Waals surface area (Å²) < 4.78 is 0. The molecule has 1 amide bonds. The first-order valence-electron chi connectivity index (χ1n) is 5.85. The van der Waals surface area contributed by atoms with Gasteiger partial charge in [-0.05, 0) is 17.7 Å². The van der Waals surface area contributed by atoms with E-state index >= 15 is 0 Å². The highest BCUT2D eigenvalue weighted by Crippen LogP contribution is 2.11. The van der Waals surface area contributed by atoms with E-state index in [1.165, 1.54) is 6.08 Å². The lowest BCUT2D eigenvalue weighted by atomic mass is 10.0. The third kappa shape index (κ3) is 3.16. The molecular formula is C16H13NO2. The standard InChI is InChI=1S/C16H13NO2/c17-16(19)14-9-5-4-6-12(14)10-11-15(18)13-7-2-1-3-8-13/h1-11H,(H2,17,19). The van der Waals surface area contributed by atoms with E-state index in [0.717, 1.165) is 0 Å². The highest BCUT2D eigenvalue weighted by molar-refractivity contribution is 6.07. The lowest BCUT2D eigenvalue weighted by Gasteiger charge is -2.00. The van der Waals surface area contributed by atoms with Crippen molar-refractivity contribution in [3.05, 3.63) is 77.4 Å². The maximum absolute atomic E-state index is 11.9. The molecule has 0 heterocycles. The number of hydrogen-bond acceptors (Lipinski definition) is 2. The number of nitrogens with two attached hydrogens (primary N) is 1. The summed E-state index contributed by atoms with van der Waals surface area (Å²) in [6.07, 6.45) is 3.05. The normalized spacial score (nSPS) is 10.5. The van der Waals surface area contributed by atoms with Gasteiger partial charge in [0.05, 0.1) is 0 Å². The van der Waals surface area contributed by atoms with E-state index in [4.69, 9.17) is 5.73 Å². The minimum absolute atomic E-state index is 0.111. The van der Waals surface area contributed by atoms with Crippen LogP contribution >= 0.6 is 0 Å². The van der Waals surface area contributed by atoms with Crippen molar-refractivity contribution < 1.29 is 9.59 Å². The van der Waals surface area contributed by atoms with Crippen molar-refractivity contribution >= 4 is 17.8 Å². The molecule has 0 aliphatic rings. The third-order valence-corrected chi connectivity index (χ3v) is 2.70. The van der Waals surface area contributed by atoms with Gasteiger partial charge in [0, 0.05) is 11.1 Å². The monoisotopic (exact) mass is 251 g/mol. The first kappa shape index (κ1) is 12.8. The Labute approximate surface area is 111 Å². The van der Waals surface area contributed by atoms with Gasteiger partial charge in [-0.1, -0.05) is 54.6 Å². The van der Waals surface area contributed by atoms with Crippen LogP contribution in [0.15, 0.2) is 60.7 Å². The summed E-state index contributed by atoms with van der Waals surface area (Å²) in [6, 6.07) is 15.8. The zero-order valence-corrected chi connectivity index (χ0v) is 10.2. The zero-order chi connectivity index (χ0) is 13.7. The molecule has 2 aromatic rings. The Kier molecular flexibility index (Phi) is 3.88. The zero-order valence-electron chi connectivity index (χ0n) is 10.2. The molecule has 0 saturated carbocycles. The molecule has 0 aliphatic heterocycles. The van der Waals surface area contributed by atoms with Crippen LogP contribution in [-0.2, 0) is 0 Å². The highest BCUT2D eigenvalue weighted by atomic mass is 16.1. The topological polar surface area (TPSA) is 60.2 Å². The van der Waals surface area contributed by atoms with Gasteiger partial charge in [-0.2, -0.15) is 0 Å². The quantitative estimate of drug-likeness (QED) is 0.670. The fourth-order valence-electron chi connectivity index (χ4n) is 1.73. The molecule has 2 rings (SSSR count). The molecule has 0 fully saturated rings. The van der Waals surface area contributed by atoms with Crippen molar-refractivity contribution in [2.24, 2.45) is 5.73 Å². The van der Waals surface area contributed by atoms with Crippen LogP contribution in [0.4, 0.5) is 0 Å². The fourth-order valence-corrected chi connectivity index (χ4v) is 1.73. The number of ketones is 1.